The van der Waals surface area contributed by atoms with Crippen molar-refractivity contribution < 1.29 is 65.4 Å². The minimum absolute atomic E-state index is 0. The van der Waals surface area contributed by atoms with Crippen LogP contribution in [0.1, 0.15) is 5.56 Å². The molecule has 2 heterocycles. The number of rotatable bonds is 5. The number of fused-ring (bicyclic) bond motifs is 1. The molecule has 9 nitrogen and oxygen atoms in total. The fourth-order valence-electron chi connectivity index (χ4n) is 2.99. The molecule has 3 aromatic rings. The molecule has 0 saturated heterocycles. The molecule has 0 fully saturated rings. The summed E-state index contributed by atoms with van der Waals surface area (Å²) in [6.07, 6.45) is 1.41. The van der Waals surface area contributed by atoms with E-state index in [1.807, 2.05) is 13.0 Å². The summed E-state index contributed by atoms with van der Waals surface area (Å²) in [5.74, 6) is 1.14. The van der Waals surface area contributed by atoms with E-state index in [1.165, 1.54) is 25.5 Å². The standard InChI is InChI=1S/C18H15NO8S.Na/c1-10-5-12(7-16-18(10)25-9-24-16)17-13(8-26-19-17)11-3-4-14(23-2)15(6-11)27-28(20,21)22;/h3-8H,9H2,1-2H3,(H,20,21,22);/q;+1/p-1. The van der Waals surface area contributed by atoms with E-state index in [1.54, 1.807) is 12.1 Å². The summed E-state index contributed by atoms with van der Waals surface area (Å²) >= 11 is 0. The van der Waals surface area contributed by atoms with E-state index in [2.05, 4.69) is 9.34 Å². The number of aryl methyl sites for hydroxylation is 1. The normalized spacial score (nSPS) is 12.4. The van der Waals surface area contributed by atoms with Gasteiger partial charge in [0.2, 0.25) is 6.79 Å². The average Bonchev–Trinajstić information content (AvgIpc) is 3.29. The molecule has 0 atom stereocenters. The number of nitrogens with zero attached hydrogens (tertiary/aromatic N) is 1. The minimum Gasteiger partial charge on any atom is -0.716 e. The molecule has 0 saturated carbocycles. The SMILES string of the molecule is COc1ccc(-c2conc2-c2cc(C)c3c(c2)OCO3)cc1OS(=O)(=O)[O-].[Na+]. The summed E-state index contributed by atoms with van der Waals surface area (Å²) < 4.78 is 58.6. The van der Waals surface area contributed by atoms with Crippen LogP contribution in [0.15, 0.2) is 41.1 Å². The van der Waals surface area contributed by atoms with Crippen molar-refractivity contribution in [1.82, 2.24) is 5.16 Å². The molecular formula is C18H14NNaO8S. The van der Waals surface area contributed by atoms with Crippen LogP contribution in [0.3, 0.4) is 0 Å². The summed E-state index contributed by atoms with van der Waals surface area (Å²) in [5.41, 5.74) is 3.18. The molecule has 1 aromatic heterocycles. The molecule has 0 amide bonds. The third kappa shape index (κ3) is 4.36. The predicted molar refractivity (Wildman–Crippen MR) is 95.1 cm³/mol. The number of methoxy groups -OCH3 is 1. The summed E-state index contributed by atoms with van der Waals surface area (Å²) in [5, 5.41) is 4.05. The molecule has 146 valence electrons. The molecule has 0 radical (unpaired) electrons. The molecule has 0 bridgehead atoms. The Labute approximate surface area is 188 Å². The minimum atomic E-state index is -4.97. The van der Waals surface area contributed by atoms with Crippen LogP contribution in [-0.2, 0) is 10.4 Å². The van der Waals surface area contributed by atoms with Crippen molar-refractivity contribution in [2.24, 2.45) is 0 Å². The van der Waals surface area contributed by atoms with Gasteiger partial charge >= 0.3 is 29.6 Å². The van der Waals surface area contributed by atoms with Crippen molar-refractivity contribution in [1.29, 1.82) is 0 Å². The van der Waals surface area contributed by atoms with Gasteiger partial charge in [0.1, 0.15) is 12.0 Å². The molecule has 2 aromatic carbocycles. The fourth-order valence-corrected chi connectivity index (χ4v) is 3.34. The van der Waals surface area contributed by atoms with Crippen LogP contribution in [0.2, 0.25) is 0 Å². The average molecular weight is 427 g/mol. The summed E-state index contributed by atoms with van der Waals surface area (Å²) in [6.45, 7) is 2.03. The molecule has 0 spiro atoms. The van der Waals surface area contributed by atoms with Crippen molar-refractivity contribution in [2.45, 2.75) is 6.92 Å². The monoisotopic (exact) mass is 427 g/mol. The number of benzene rings is 2. The van der Waals surface area contributed by atoms with E-state index in [0.29, 0.717) is 28.3 Å². The molecule has 0 N–H and O–H groups in total. The van der Waals surface area contributed by atoms with Gasteiger partial charge in [0.05, 0.1) is 7.11 Å². The van der Waals surface area contributed by atoms with Crippen molar-refractivity contribution in [3.8, 4) is 45.4 Å². The molecule has 1 aliphatic rings. The van der Waals surface area contributed by atoms with Crippen LogP contribution in [-0.4, -0.2) is 32.0 Å². The van der Waals surface area contributed by atoms with Crippen molar-refractivity contribution in [3.05, 3.63) is 42.2 Å². The van der Waals surface area contributed by atoms with E-state index in [4.69, 9.17) is 18.7 Å². The first-order chi connectivity index (χ1) is 13.4. The Morgan fingerprint density at radius 3 is 2.62 bits per heavy atom. The Morgan fingerprint density at radius 2 is 1.90 bits per heavy atom. The van der Waals surface area contributed by atoms with E-state index in [9.17, 15) is 13.0 Å². The second-order valence-electron chi connectivity index (χ2n) is 5.96. The zero-order valence-electron chi connectivity index (χ0n) is 15.8. The van der Waals surface area contributed by atoms with Gasteiger partial charge in [0.25, 0.3) is 10.4 Å². The molecule has 1 aliphatic heterocycles. The van der Waals surface area contributed by atoms with Crippen molar-refractivity contribution >= 4 is 10.4 Å². The third-order valence-electron chi connectivity index (χ3n) is 4.17. The Bertz CT molecular complexity index is 1160. The first-order valence-electron chi connectivity index (χ1n) is 8.04. The van der Waals surface area contributed by atoms with Gasteiger partial charge in [-0.05, 0) is 42.3 Å². The van der Waals surface area contributed by atoms with Gasteiger partial charge in [-0.1, -0.05) is 11.2 Å². The number of hydrogen-bond donors (Lipinski definition) is 0. The maximum atomic E-state index is 11.0. The largest absolute Gasteiger partial charge is 1.00 e. The quantitative estimate of drug-likeness (QED) is 0.312. The van der Waals surface area contributed by atoms with Crippen LogP contribution in [0.25, 0.3) is 22.4 Å². The van der Waals surface area contributed by atoms with Crippen molar-refractivity contribution in [2.75, 3.05) is 13.9 Å². The van der Waals surface area contributed by atoms with E-state index < -0.39 is 10.4 Å². The number of ether oxygens (including phenoxy) is 3. The van der Waals surface area contributed by atoms with Crippen LogP contribution in [0, 0.1) is 6.92 Å². The zero-order valence-corrected chi connectivity index (χ0v) is 18.6. The first kappa shape index (κ1) is 21.5. The van der Waals surface area contributed by atoms with Crippen LogP contribution < -0.4 is 48.0 Å². The fraction of sp³-hybridized carbons (Fsp3) is 0.167. The second kappa shape index (κ2) is 8.25. The second-order valence-corrected chi connectivity index (χ2v) is 6.94. The maximum absolute atomic E-state index is 11.0. The Hall–Kier alpha value is -2.24. The van der Waals surface area contributed by atoms with Gasteiger partial charge in [0, 0.05) is 11.1 Å². The van der Waals surface area contributed by atoms with Gasteiger partial charge in [-0.3, -0.25) is 0 Å². The molecular weight excluding hydrogens is 413 g/mol. The van der Waals surface area contributed by atoms with Gasteiger partial charge < -0.3 is 27.5 Å². The smallest absolute Gasteiger partial charge is 0.716 e. The Morgan fingerprint density at radius 1 is 1.10 bits per heavy atom. The summed E-state index contributed by atoms with van der Waals surface area (Å²) in [4.78, 5) is 0. The van der Waals surface area contributed by atoms with Crippen LogP contribution in [0.4, 0.5) is 0 Å². The van der Waals surface area contributed by atoms with Gasteiger partial charge in [-0.15, -0.1) is 0 Å². The molecule has 0 aliphatic carbocycles. The summed E-state index contributed by atoms with van der Waals surface area (Å²) in [7, 11) is -3.64. The zero-order chi connectivity index (χ0) is 19.9. The third-order valence-corrected chi connectivity index (χ3v) is 4.55. The molecule has 4 rings (SSSR count). The van der Waals surface area contributed by atoms with Gasteiger partial charge in [0.15, 0.2) is 23.0 Å². The van der Waals surface area contributed by atoms with E-state index in [-0.39, 0.29) is 47.8 Å². The maximum Gasteiger partial charge on any atom is 1.00 e. The van der Waals surface area contributed by atoms with Crippen molar-refractivity contribution in [3.63, 3.8) is 0 Å². The Kier molecular flexibility index (Phi) is 6.11. The van der Waals surface area contributed by atoms with Crippen LogP contribution >= 0.6 is 0 Å². The van der Waals surface area contributed by atoms with E-state index in [0.717, 1.165) is 11.1 Å². The van der Waals surface area contributed by atoms with E-state index >= 15 is 0 Å². The predicted octanol–water partition coefficient (Wildman–Crippen LogP) is -0.103. The number of hydrogen-bond acceptors (Lipinski definition) is 9. The summed E-state index contributed by atoms with van der Waals surface area (Å²) in [6, 6.07) is 8.16. The van der Waals surface area contributed by atoms with Gasteiger partial charge in [-0.2, -0.15) is 0 Å². The molecule has 0 unspecified atom stereocenters. The van der Waals surface area contributed by atoms with Crippen LogP contribution in [0.5, 0.6) is 23.0 Å². The van der Waals surface area contributed by atoms with Gasteiger partial charge in [-0.25, -0.2) is 8.42 Å². The first-order valence-corrected chi connectivity index (χ1v) is 9.38. The molecule has 29 heavy (non-hydrogen) atoms. The Balaban J connectivity index is 0.00000240. The number of aromatic nitrogens is 1. The topological polar surface area (TPSA) is 120 Å². The molecule has 11 heteroatoms.